The van der Waals surface area contributed by atoms with Gasteiger partial charge in [0.15, 0.2) is 0 Å². The molecular weight excluding hydrogens is 390 g/mol. The van der Waals surface area contributed by atoms with Crippen molar-refractivity contribution in [1.82, 2.24) is 4.90 Å². The Hall–Kier alpha value is -2.37. The number of hydrogen-bond acceptors (Lipinski definition) is 3. The molecule has 0 bridgehead atoms. The van der Waals surface area contributed by atoms with Crippen molar-refractivity contribution in [3.8, 4) is 0 Å². The predicted molar refractivity (Wildman–Crippen MR) is 103 cm³/mol. The third kappa shape index (κ3) is 3.22. The van der Waals surface area contributed by atoms with Crippen LogP contribution >= 0.6 is 23.2 Å². The number of amides is 2. The van der Waals surface area contributed by atoms with Gasteiger partial charge in [-0.05, 0) is 48.7 Å². The van der Waals surface area contributed by atoms with Crippen LogP contribution in [0.5, 0.6) is 0 Å². The molecule has 0 atom stereocenters. The van der Waals surface area contributed by atoms with E-state index in [1.807, 2.05) is 4.90 Å². The molecule has 2 amide bonds. The first-order chi connectivity index (χ1) is 13.0. The van der Waals surface area contributed by atoms with Crippen LogP contribution in [-0.4, -0.2) is 29.8 Å². The van der Waals surface area contributed by atoms with Crippen molar-refractivity contribution in [2.75, 3.05) is 18.0 Å². The summed E-state index contributed by atoms with van der Waals surface area (Å²) in [6.45, 7) is 1.40. The standard InChI is InChI=1S/C20H15Cl2FN2O2/c21-13-9-14(22)11-16(10-13)25-19(26)17(12-3-5-15(23)6-4-12)18(20(25)27)24-7-1-2-8-24/h3-6,9-11H,1-2,7-8H2. The van der Waals surface area contributed by atoms with E-state index in [0.717, 1.165) is 17.7 Å². The molecule has 1 fully saturated rings. The number of likely N-dealkylation sites (tertiary alicyclic amines) is 1. The normalized spacial score (nSPS) is 17.4. The minimum atomic E-state index is -0.466. The average Bonchev–Trinajstić information content (AvgIpc) is 3.21. The van der Waals surface area contributed by atoms with Crippen LogP contribution in [0.3, 0.4) is 0 Å². The fourth-order valence-corrected chi connectivity index (χ4v) is 4.05. The van der Waals surface area contributed by atoms with Crippen LogP contribution in [0.4, 0.5) is 10.1 Å². The fraction of sp³-hybridized carbons (Fsp3) is 0.200. The Morgan fingerprint density at radius 2 is 1.44 bits per heavy atom. The van der Waals surface area contributed by atoms with Crippen LogP contribution in [0.25, 0.3) is 5.57 Å². The zero-order valence-corrected chi connectivity index (χ0v) is 15.7. The summed E-state index contributed by atoms with van der Waals surface area (Å²) in [4.78, 5) is 29.5. The van der Waals surface area contributed by atoms with E-state index < -0.39 is 17.6 Å². The third-order valence-corrected chi connectivity index (χ3v) is 5.16. The maximum Gasteiger partial charge on any atom is 0.282 e. The van der Waals surface area contributed by atoms with E-state index >= 15 is 0 Å². The van der Waals surface area contributed by atoms with Gasteiger partial charge in [0.25, 0.3) is 11.8 Å². The molecule has 7 heteroatoms. The lowest BCUT2D eigenvalue weighted by Gasteiger charge is -2.20. The van der Waals surface area contributed by atoms with Gasteiger partial charge in [0.1, 0.15) is 11.5 Å². The van der Waals surface area contributed by atoms with Gasteiger partial charge in [-0.25, -0.2) is 9.29 Å². The number of anilines is 1. The minimum absolute atomic E-state index is 0.276. The van der Waals surface area contributed by atoms with Gasteiger partial charge in [-0.1, -0.05) is 35.3 Å². The van der Waals surface area contributed by atoms with Crippen LogP contribution in [0, 0.1) is 5.82 Å². The van der Waals surface area contributed by atoms with Crippen LogP contribution in [0.1, 0.15) is 18.4 Å². The molecule has 0 aromatic heterocycles. The number of hydrogen-bond donors (Lipinski definition) is 0. The second-order valence-electron chi connectivity index (χ2n) is 6.50. The SMILES string of the molecule is O=C1C(c2ccc(F)cc2)=C(N2CCCC2)C(=O)N1c1cc(Cl)cc(Cl)c1. The van der Waals surface area contributed by atoms with Gasteiger partial charge >= 0.3 is 0 Å². The quantitative estimate of drug-likeness (QED) is 0.706. The van der Waals surface area contributed by atoms with Gasteiger partial charge in [0.2, 0.25) is 0 Å². The molecule has 0 radical (unpaired) electrons. The molecule has 1 saturated heterocycles. The lowest BCUT2D eigenvalue weighted by molar-refractivity contribution is -0.120. The zero-order chi connectivity index (χ0) is 19.1. The molecule has 2 aliphatic rings. The second kappa shape index (κ2) is 6.98. The first-order valence-corrected chi connectivity index (χ1v) is 9.31. The Labute approximate surface area is 165 Å². The summed E-state index contributed by atoms with van der Waals surface area (Å²) in [6, 6.07) is 10.2. The van der Waals surface area contributed by atoms with E-state index in [2.05, 4.69) is 0 Å². The highest BCUT2D eigenvalue weighted by atomic mass is 35.5. The Bertz CT molecular complexity index is 946. The number of halogens is 3. The monoisotopic (exact) mass is 404 g/mol. The molecule has 2 heterocycles. The molecular formula is C20H15Cl2FN2O2. The van der Waals surface area contributed by atoms with Crippen molar-refractivity contribution in [2.45, 2.75) is 12.8 Å². The van der Waals surface area contributed by atoms with E-state index in [9.17, 15) is 14.0 Å². The first-order valence-electron chi connectivity index (χ1n) is 8.56. The van der Waals surface area contributed by atoms with Crippen LogP contribution < -0.4 is 4.90 Å². The molecule has 2 aromatic rings. The number of carbonyl (C=O) groups is 2. The summed E-state index contributed by atoms with van der Waals surface area (Å²) in [5.41, 5.74) is 1.45. The van der Waals surface area contributed by atoms with Crippen molar-refractivity contribution in [1.29, 1.82) is 0 Å². The number of nitrogens with zero attached hydrogens (tertiary/aromatic N) is 2. The summed E-state index contributed by atoms with van der Waals surface area (Å²) < 4.78 is 13.4. The summed E-state index contributed by atoms with van der Waals surface area (Å²) in [7, 11) is 0. The highest BCUT2D eigenvalue weighted by Gasteiger charge is 2.43. The third-order valence-electron chi connectivity index (χ3n) is 4.72. The van der Waals surface area contributed by atoms with E-state index in [1.165, 1.54) is 42.5 Å². The fourth-order valence-electron chi connectivity index (χ4n) is 3.53. The molecule has 0 N–H and O–H groups in total. The van der Waals surface area contributed by atoms with E-state index in [-0.39, 0.29) is 5.57 Å². The van der Waals surface area contributed by atoms with Crippen LogP contribution in [0.2, 0.25) is 10.0 Å². The number of imide groups is 1. The Morgan fingerprint density at radius 1 is 0.852 bits per heavy atom. The molecule has 0 saturated carbocycles. The van der Waals surface area contributed by atoms with E-state index in [1.54, 1.807) is 0 Å². The van der Waals surface area contributed by atoms with Crippen LogP contribution in [-0.2, 0) is 9.59 Å². The highest BCUT2D eigenvalue weighted by molar-refractivity contribution is 6.46. The van der Waals surface area contributed by atoms with Crippen molar-refractivity contribution in [3.05, 3.63) is 69.6 Å². The van der Waals surface area contributed by atoms with Gasteiger partial charge in [0, 0.05) is 23.1 Å². The van der Waals surface area contributed by atoms with Crippen molar-refractivity contribution < 1.29 is 14.0 Å². The van der Waals surface area contributed by atoms with Crippen LogP contribution in [0.15, 0.2) is 48.2 Å². The number of carbonyl (C=O) groups excluding carboxylic acids is 2. The topological polar surface area (TPSA) is 40.6 Å². The molecule has 2 aliphatic heterocycles. The summed E-state index contributed by atoms with van der Waals surface area (Å²) in [5.74, 6) is -1.29. The van der Waals surface area contributed by atoms with Crippen molar-refractivity contribution >= 4 is 46.3 Å². The van der Waals surface area contributed by atoms with Gasteiger partial charge in [-0.15, -0.1) is 0 Å². The van der Waals surface area contributed by atoms with Gasteiger partial charge in [-0.2, -0.15) is 0 Å². The number of benzene rings is 2. The Balaban J connectivity index is 1.85. The largest absolute Gasteiger partial charge is 0.366 e. The smallest absolute Gasteiger partial charge is 0.282 e. The molecule has 138 valence electrons. The Kier molecular flexibility index (Phi) is 4.66. The minimum Gasteiger partial charge on any atom is -0.366 e. The zero-order valence-electron chi connectivity index (χ0n) is 14.2. The second-order valence-corrected chi connectivity index (χ2v) is 7.37. The summed E-state index contributed by atoms with van der Waals surface area (Å²) >= 11 is 12.1. The molecule has 0 unspecified atom stereocenters. The van der Waals surface area contributed by atoms with Gasteiger partial charge < -0.3 is 4.90 Å². The average molecular weight is 405 g/mol. The first kappa shape index (κ1) is 18.0. The highest BCUT2D eigenvalue weighted by Crippen LogP contribution is 2.37. The Morgan fingerprint density at radius 3 is 2.04 bits per heavy atom. The summed E-state index contributed by atoms with van der Waals surface area (Å²) in [5, 5.41) is 0.659. The van der Waals surface area contributed by atoms with E-state index in [0.29, 0.717) is 40.1 Å². The molecule has 4 nitrogen and oxygen atoms in total. The van der Waals surface area contributed by atoms with E-state index in [4.69, 9.17) is 23.2 Å². The lowest BCUT2D eigenvalue weighted by Crippen LogP contribution is -2.34. The molecule has 0 aliphatic carbocycles. The van der Waals surface area contributed by atoms with Crippen molar-refractivity contribution in [2.24, 2.45) is 0 Å². The maximum absolute atomic E-state index is 13.4. The molecule has 0 spiro atoms. The molecule has 27 heavy (non-hydrogen) atoms. The maximum atomic E-state index is 13.4. The lowest BCUT2D eigenvalue weighted by atomic mass is 10.0. The van der Waals surface area contributed by atoms with Crippen molar-refractivity contribution in [3.63, 3.8) is 0 Å². The molecule has 4 rings (SSSR count). The van der Waals surface area contributed by atoms with Gasteiger partial charge in [-0.3, -0.25) is 9.59 Å². The molecule has 2 aromatic carbocycles. The predicted octanol–water partition coefficient (Wildman–Crippen LogP) is 4.51. The number of rotatable bonds is 3. The van der Waals surface area contributed by atoms with Gasteiger partial charge in [0.05, 0.1) is 11.3 Å². The summed E-state index contributed by atoms with van der Waals surface area (Å²) in [6.07, 6.45) is 1.90.